The normalized spacial score (nSPS) is 25.8. The van der Waals surface area contributed by atoms with Gasteiger partial charge in [0.25, 0.3) is 0 Å². The number of carbonyl (C=O) groups is 2. The topological polar surface area (TPSA) is 64.6 Å². The van der Waals surface area contributed by atoms with Gasteiger partial charge in [-0.3, -0.25) is 0 Å². The van der Waals surface area contributed by atoms with Crippen LogP contribution in [-0.2, 0) is 14.3 Å². The van der Waals surface area contributed by atoms with Crippen molar-refractivity contribution in [1.82, 2.24) is 5.32 Å². The third kappa shape index (κ3) is 5.07. The molecule has 1 atom stereocenters. The number of thiol groups is 1. The Labute approximate surface area is 138 Å². The van der Waals surface area contributed by atoms with Gasteiger partial charge in [0, 0.05) is 5.25 Å². The highest BCUT2D eigenvalue weighted by Crippen LogP contribution is 2.43. The van der Waals surface area contributed by atoms with Gasteiger partial charge < -0.3 is 14.8 Å². The highest BCUT2D eigenvalue weighted by molar-refractivity contribution is 7.81. The molecule has 0 spiro atoms. The largest absolute Gasteiger partial charge is 0.467 e. The van der Waals surface area contributed by atoms with E-state index < -0.39 is 23.2 Å². The van der Waals surface area contributed by atoms with Crippen LogP contribution in [0, 0.1) is 5.92 Å². The number of unbranched alkanes of at least 4 members (excludes halogenated alkanes) is 1. The minimum atomic E-state index is -0.963. The quantitative estimate of drug-likeness (QED) is 0.579. The summed E-state index contributed by atoms with van der Waals surface area (Å²) in [5.41, 5.74) is -1.56. The maximum Gasteiger partial charge on any atom is 0.408 e. The lowest BCUT2D eigenvalue weighted by Crippen LogP contribution is -2.64. The average Bonchev–Trinajstić information content (AvgIpc) is 2.36. The summed E-state index contributed by atoms with van der Waals surface area (Å²) in [5, 5.41) is 2.96. The molecule has 22 heavy (non-hydrogen) atoms. The van der Waals surface area contributed by atoms with Gasteiger partial charge in [0.2, 0.25) is 0 Å². The summed E-state index contributed by atoms with van der Waals surface area (Å²) in [7, 11) is 1.34. The fourth-order valence-corrected chi connectivity index (χ4v) is 3.16. The van der Waals surface area contributed by atoms with E-state index in [0.29, 0.717) is 18.8 Å². The van der Waals surface area contributed by atoms with Crippen LogP contribution in [0.4, 0.5) is 4.79 Å². The van der Waals surface area contributed by atoms with Crippen molar-refractivity contribution < 1.29 is 19.1 Å². The number of hydrogen-bond donors (Lipinski definition) is 2. The molecule has 1 rings (SSSR count). The van der Waals surface area contributed by atoms with Gasteiger partial charge in [-0.1, -0.05) is 19.8 Å². The lowest BCUT2D eigenvalue weighted by molar-refractivity contribution is -0.155. The number of nitrogens with one attached hydrogen (secondary N) is 1. The third-order valence-electron chi connectivity index (χ3n) is 3.94. The summed E-state index contributed by atoms with van der Waals surface area (Å²) in [6.45, 7) is 7.50. The Kier molecular flexibility index (Phi) is 6.59. The van der Waals surface area contributed by atoms with Crippen LogP contribution < -0.4 is 5.32 Å². The van der Waals surface area contributed by atoms with E-state index in [1.165, 1.54) is 7.11 Å². The fourth-order valence-electron chi connectivity index (χ4n) is 2.77. The second-order valence-electron chi connectivity index (χ2n) is 7.08. The first-order chi connectivity index (χ1) is 10.1. The van der Waals surface area contributed by atoms with E-state index in [2.05, 4.69) is 24.9 Å². The third-order valence-corrected chi connectivity index (χ3v) is 4.62. The van der Waals surface area contributed by atoms with Crippen LogP contribution in [0.15, 0.2) is 0 Å². The highest BCUT2D eigenvalue weighted by atomic mass is 32.1. The van der Waals surface area contributed by atoms with Crippen LogP contribution >= 0.6 is 12.6 Å². The SMILES string of the molecule is CCCCC(S)C1CC(NC(=O)OC(C)(C)C)(C(=O)OC)C1. The molecule has 1 aliphatic rings. The number of rotatable bonds is 6. The maximum absolute atomic E-state index is 12.1. The minimum Gasteiger partial charge on any atom is -0.467 e. The molecule has 0 bridgehead atoms. The van der Waals surface area contributed by atoms with E-state index in [1.54, 1.807) is 20.8 Å². The van der Waals surface area contributed by atoms with E-state index in [9.17, 15) is 9.59 Å². The predicted octanol–water partition coefficient (Wildman–Crippen LogP) is 3.32. The molecule has 1 fully saturated rings. The van der Waals surface area contributed by atoms with Crippen LogP contribution in [0.25, 0.3) is 0 Å². The van der Waals surface area contributed by atoms with E-state index in [4.69, 9.17) is 9.47 Å². The van der Waals surface area contributed by atoms with Gasteiger partial charge in [0.1, 0.15) is 11.1 Å². The number of hydrogen-bond acceptors (Lipinski definition) is 5. The van der Waals surface area contributed by atoms with Crippen LogP contribution in [-0.4, -0.2) is 35.6 Å². The molecule has 1 aliphatic carbocycles. The zero-order valence-electron chi connectivity index (χ0n) is 14.3. The molecular weight excluding hydrogens is 302 g/mol. The Morgan fingerprint density at radius 3 is 2.41 bits per heavy atom. The van der Waals surface area contributed by atoms with Crippen molar-refractivity contribution >= 4 is 24.7 Å². The Morgan fingerprint density at radius 1 is 1.36 bits per heavy atom. The smallest absolute Gasteiger partial charge is 0.408 e. The highest BCUT2D eigenvalue weighted by Gasteiger charge is 2.54. The first-order valence-electron chi connectivity index (χ1n) is 7.91. The number of alkyl carbamates (subject to hydrolysis) is 1. The molecule has 1 unspecified atom stereocenters. The Hall–Kier alpha value is -0.910. The van der Waals surface area contributed by atoms with E-state index in [1.807, 2.05) is 0 Å². The van der Waals surface area contributed by atoms with Crippen molar-refractivity contribution in [1.29, 1.82) is 0 Å². The first kappa shape index (κ1) is 19.1. The van der Waals surface area contributed by atoms with E-state index in [0.717, 1.165) is 19.3 Å². The van der Waals surface area contributed by atoms with Gasteiger partial charge in [-0.05, 0) is 46.0 Å². The average molecular weight is 331 g/mol. The molecule has 0 heterocycles. The van der Waals surface area contributed by atoms with Gasteiger partial charge in [0.15, 0.2) is 0 Å². The number of carbonyl (C=O) groups excluding carboxylic acids is 2. The number of methoxy groups -OCH3 is 1. The number of esters is 1. The van der Waals surface area contributed by atoms with Crippen molar-refractivity contribution in [3.8, 4) is 0 Å². The van der Waals surface area contributed by atoms with Gasteiger partial charge >= 0.3 is 12.1 Å². The molecule has 0 aliphatic heterocycles. The van der Waals surface area contributed by atoms with Gasteiger partial charge in [0.05, 0.1) is 7.11 Å². The number of ether oxygens (including phenoxy) is 2. The van der Waals surface area contributed by atoms with Crippen LogP contribution in [0.3, 0.4) is 0 Å². The van der Waals surface area contributed by atoms with Crippen LogP contribution in [0.2, 0.25) is 0 Å². The molecule has 0 aromatic carbocycles. The molecular formula is C16H29NO4S. The lowest BCUT2D eigenvalue weighted by Gasteiger charge is -2.47. The monoisotopic (exact) mass is 331 g/mol. The van der Waals surface area contributed by atoms with Crippen molar-refractivity contribution in [2.75, 3.05) is 7.11 Å². The van der Waals surface area contributed by atoms with Gasteiger partial charge in [-0.2, -0.15) is 12.6 Å². The maximum atomic E-state index is 12.1. The van der Waals surface area contributed by atoms with E-state index in [-0.39, 0.29) is 5.25 Å². The van der Waals surface area contributed by atoms with Crippen molar-refractivity contribution in [2.45, 2.75) is 76.2 Å². The zero-order chi connectivity index (χ0) is 17.0. The fraction of sp³-hybridized carbons (Fsp3) is 0.875. The van der Waals surface area contributed by atoms with Gasteiger partial charge in [-0.15, -0.1) is 0 Å². The zero-order valence-corrected chi connectivity index (χ0v) is 15.2. The second kappa shape index (κ2) is 7.57. The molecule has 0 saturated heterocycles. The minimum absolute atomic E-state index is 0.248. The van der Waals surface area contributed by atoms with E-state index >= 15 is 0 Å². The van der Waals surface area contributed by atoms with Crippen LogP contribution in [0.5, 0.6) is 0 Å². The van der Waals surface area contributed by atoms with Crippen molar-refractivity contribution in [3.05, 3.63) is 0 Å². The molecule has 1 amide bonds. The molecule has 0 radical (unpaired) electrons. The van der Waals surface area contributed by atoms with Gasteiger partial charge in [-0.25, -0.2) is 9.59 Å². The molecule has 1 N–H and O–H groups in total. The van der Waals surface area contributed by atoms with Crippen molar-refractivity contribution in [3.63, 3.8) is 0 Å². The Bertz CT molecular complexity index is 399. The summed E-state index contributed by atoms with van der Waals surface area (Å²) >= 11 is 4.63. The lowest BCUT2D eigenvalue weighted by atomic mass is 9.66. The Balaban J connectivity index is 2.64. The summed E-state index contributed by atoms with van der Waals surface area (Å²) < 4.78 is 10.1. The molecule has 0 aromatic heterocycles. The molecule has 6 heteroatoms. The molecule has 128 valence electrons. The predicted molar refractivity (Wildman–Crippen MR) is 89.1 cm³/mol. The first-order valence-corrected chi connectivity index (χ1v) is 8.43. The second-order valence-corrected chi connectivity index (χ2v) is 7.74. The summed E-state index contributed by atoms with van der Waals surface area (Å²) in [5.74, 6) is -0.102. The molecule has 5 nitrogen and oxygen atoms in total. The summed E-state index contributed by atoms with van der Waals surface area (Å²) in [6.07, 6.45) is 3.79. The summed E-state index contributed by atoms with van der Waals surface area (Å²) in [6, 6.07) is 0. The molecule has 1 saturated carbocycles. The van der Waals surface area contributed by atoms with Crippen molar-refractivity contribution in [2.24, 2.45) is 5.92 Å². The molecule has 0 aromatic rings. The summed E-state index contributed by atoms with van der Waals surface area (Å²) in [4.78, 5) is 24.1. The Morgan fingerprint density at radius 2 is 1.95 bits per heavy atom. The standard InChI is InChI=1S/C16H29NO4S/c1-6-7-8-12(22)11-9-16(10-11,13(18)20-5)17-14(19)21-15(2,3)4/h11-12,22H,6-10H2,1-5H3,(H,17,19). The van der Waals surface area contributed by atoms with Crippen LogP contribution in [0.1, 0.15) is 59.8 Å². The number of amides is 1.